The minimum atomic E-state index is 0.651. The fourth-order valence-electron chi connectivity index (χ4n) is 3.16. The number of fused-ring (bicyclic) bond motifs is 1. The summed E-state index contributed by atoms with van der Waals surface area (Å²) < 4.78 is 2.17. The van der Waals surface area contributed by atoms with E-state index < -0.39 is 0 Å². The number of aromatic nitrogens is 2. The van der Waals surface area contributed by atoms with Gasteiger partial charge < -0.3 is 15.2 Å². The van der Waals surface area contributed by atoms with Crippen molar-refractivity contribution in [2.24, 2.45) is 5.92 Å². The molecule has 1 aromatic carbocycles. The Morgan fingerprint density at radius 3 is 2.80 bits per heavy atom. The molecule has 1 saturated heterocycles. The van der Waals surface area contributed by atoms with Crippen molar-refractivity contribution in [2.45, 2.75) is 32.7 Å². The van der Waals surface area contributed by atoms with E-state index >= 15 is 0 Å². The highest BCUT2D eigenvalue weighted by Crippen LogP contribution is 2.24. The molecule has 1 aromatic heterocycles. The SMILES string of the molecule is Cc1ccc2c(c1)nc(N)n2CCC1CCN(C)CC1. The third-order valence-corrected chi connectivity index (χ3v) is 4.53. The van der Waals surface area contributed by atoms with Gasteiger partial charge in [-0.15, -0.1) is 0 Å². The van der Waals surface area contributed by atoms with Gasteiger partial charge in [0.05, 0.1) is 11.0 Å². The maximum absolute atomic E-state index is 6.08. The topological polar surface area (TPSA) is 47.1 Å². The number of piperidine rings is 1. The van der Waals surface area contributed by atoms with Gasteiger partial charge in [-0.25, -0.2) is 4.98 Å². The van der Waals surface area contributed by atoms with Crippen LogP contribution in [0.4, 0.5) is 5.95 Å². The van der Waals surface area contributed by atoms with Crippen LogP contribution >= 0.6 is 0 Å². The number of hydrogen-bond acceptors (Lipinski definition) is 3. The van der Waals surface area contributed by atoms with Gasteiger partial charge in [-0.3, -0.25) is 0 Å². The molecule has 0 saturated carbocycles. The monoisotopic (exact) mass is 272 g/mol. The van der Waals surface area contributed by atoms with Crippen LogP contribution in [0, 0.1) is 12.8 Å². The van der Waals surface area contributed by atoms with Gasteiger partial charge in [0.25, 0.3) is 0 Å². The number of benzene rings is 1. The number of hydrogen-bond donors (Lipinski definition) is 1. The zero-order chi connectivity index (χ0) is 14.1. The molecule has 1 fully saturated rings. The predicted octanol–water partition coefficient (Wildman–Crippen LogP) is 2.66. The zero-order valence-electron chi connectivity index (χ0n) is 12.5. The first-order valence-electron chi connectivity index (χ1n) is 7.54. The van der Waals surface area contributed by atoms with E-state index in [-0.39, 0.29) is 0 Å². The molecule has 2 aromatic rings. The van der Waals surface area contributed by atoms with Gasteiger partial charge in [0.2, 0.25) is 5.95 Å². The van der Waals surface area contributed by atoms with Gasteiger partial charge in [-0.1, -0.05) is 6.07 Å². The van der Waals surface area contributed by atoms with E-state index in [0.29, 0.717) is 5.95 Å². The van der Waals surface area contributed by atoms with Crippen molar-refractivity contribution in [3.8, 4) is 0 Å². The maximum atomic E-state index is 6.08. The maximum Gasteiger partial charge on any atom is 0.201 e. The molecule has 0 spiro atoms. The average Bonchev–Trinajstić information content (AvgIpc) is 2.73. The van der Waals surface area contributed by atoms with Crippen LogP contribution in [0.25, 0.3) is 11.0 Å². The molecule has 0 radical (unpaired) electrons. The molecule has 4 heteroatoms. The standard InChI is InChI=1S/C16H24N4/c1-12-3-4-15-14(11-12)18-16(17)20(15)10-7-13-5-8-19(2)9-6-13/h3-4,11,13H,5-10H2,1-2H3,(H2,17,18). The van der Waals surface area contributed by atoms with Crippen LogP contribution in [-0.4, -0.2) is 34.6 Å². The number of rotatable bonds is 3. The van der Waals surface area contributed by atoms with Gasteiger partial charge in [0.15, 0.2) is 0 Å². The lowest BCUT2D eigenvalue weighted by Gasteiger charge is -2.29. The highest BCUT2D eigenvalue weighted by molar-refractivity contribution is 5.79. The van der Waals surface area contributed by atoms with Crippen molar-refractivity contribution < 1.29 is 0 Å². The van der Waals surface area contributed by atoms with E-state index in [9.17, 15) is 0 Å². The molecule has 2 heterocycles. The summed E-state index contributed by atoms with van der Waals surface area (Å²) in [5.74, 6) is 1.48. The van der Waals surface area contributed by atoms with Crippen molar-refractivity contribution >= 4 is 17.0 Å². The van der Waals surface area contributed by atoms with Gasteiger partial charge in [0, 0.05) is 6.54 Å². The van der Waals surface area contributed by atoms with E-state index in [1.54, 1.807) is 0 Å². The summed E-state index contributed by atoms with van der Waals surface area (Å²) >= 11 is 0. The van der Waals surface area contributed by atoms with E-state index in [2.05, 4.69) is 46.6 Å². The Kier molecular flexibility index (Phi) is 3.66. The Labute approximate surface area is 120 Å². The first-order chi connectivity index (χ1) is 9.63. The second kappa shape index (κ2) is 5.44. The van der Waals surface area contributed by atoms with Crippen molar-refractivity contribution in [3.63, 3.8) is 0 Å². The minimum Gasteiger partial charge on any atom is -0.369 e. The first-order valence-corrected chi connectivity index (χ1v) is 7.54. The van der Waals surface area contributed by atoms with Crippen LogP contribution in [-0.2, 0) is 6.54 Å². The Bertz CT molecular complexity index is 594. The number of anilines is 1. The van der Waals surface area contributed by atoms with Gasteiger partial charge in [-0.2, -0.15) is 0 Å². The normalized spacial score (nSPS) is 17.9. The Hall–Kier alpha value is -1.55. The lowest BCUT2D eigenvalue weighted by Crippen LogP contribution is -2.30. The van der Waals surface area contributed by atoms with Crippen LogP contribution < -0.4 is 5.73 Å². The minimum absolute atomic E-state index is 0.651. The van der Waals surface area contributed by atoms with Crippen molar-refractivity contribution in [3.05, 3.63) is 23.8 Å². The van der Waals surface area contributed by atoms with Crippen LogP contribution in [0.5, 0.6) is 0 Å². The molecular weight excluding hydrogens is 248 g/mol. The van der Waals surface area contributed by atoms with Crippen LogP contribution in [0.2, 0.25) is 0 Å². The van der Waals surface area contributed by atoms with E-state index in [0.717, 1.165) is 18.0 Å². The molecule has 0 unspecified atom stereocenters. The molecule has 1 aliphatic rings. The van der Waals surface area contributed by atoms with Crippen LogP contribution in [0.3, 0.4) is 0 Å². The van der Waals surface area contributed by atoms with Crippen LogP contribution in [0.1, 0.15) is 24.8 Å². The number of nitrogens with zero attached hydrogens (tertiary/aromatic N) is 3. The van der Waals surface area contributed by atoms with Gasteiger partial charge >= 0.3 is 0 Å². The largest absolute Gasteiger partial charge is 0.369 e. The molecule has 4 nitrogen and oxygen atoms in total. The highest BCUT2D eigenvalue weighted by Gasteiger charge is 2.17. The Balaban J connectivity index is 1.72. The van der Waals surface area contributed by atoms with Crippen LogP contribution in [0.15, 0.2) is 18.2 Å². The van der Waals surface area contributed by atoms with Crippen molar-refractivity contribution in [1.29, 1.82) is 0 Å². The first kappa shape index (κ1) is 13.4. The number of imidazole rings is 1. The lowest BCUT2D eigenvalue weighted by molar-refractivity contribution is 0.208. The molecule has 0 atom stereocenters. The van der Waals surface area contributed by atoms with E-state index in [1.807, 2.05) is 0 Å². The summed E-state index contributed by atoms with van der Waals surface area (Å²) in [7, 11) is 2.21. The summed E-state index contributed by atoms with van der Waals surface area (Å²) in [6.45, 7) is 5.53. The lowest BCUT2D eigenvalue weighted by atomic mass is 9.94. The smallest absolute Gasteiger partial charge is 0.201 e. The average molecular weight is 272 g/mol. The fraction of sp³-hybridized carbons (Fsp3) is 0.562. The molecule has 0 amide bonds. The predicted molar refractivity (Wildman–Crippen MR) is 83.7 cm³/mol. The summed E-state index contributed by atoms with van der Waals surface area (Å²) in [6.07, 6.45) is 3.82. The molecule has 3 rings (SSSR count). The number of nitrogens with two attached hydrogens (primary N) is 1. The third-order valence-electron chi connectivity index (χ3n) is 4.53. The summed E-state index contributed by atoms with van der Waals surface area (Å²) in [5.41, 5.74) is 9.51. The Morgan fingerprint density at radius 1 is 1.30 bits per heavy atom. The molecule has 108 valence electrons. The van der Waals surface area contributed by atoms with Gasteiger partial charge in [0.1, 0.15) is 0 Å². The summed E-state index contributed by atoms with van der Waals surface area (Å²) in [4.78, 5) is 6.90. The third kappa shape index (κ3) is 2.66. The second-order valence-electron chi connectivity index (χ2n) is 6.15. The van der Waals surface area contributed by atoms with E-state index in [1.165, 1.54) is 43.4 Å². The van der Waals surface area contributed by atoms with Gasteiger partial charge in [-0.05, 0) is 69.9 Å². The quantitative estimate of drug-likeness (QED) is 0.934. The molecule has 0 aliphatic carbocycles. The fourth-order valence-corrected chi connectivity index (χ4v) is 3.16. The van der Waals surface area contributed by atoms with Crippen molar-refractivity contribution in [2.75, 3.05) is 25.9 Å². The molecule has 2 N–H and O–H groups in total. The van der Waals surface area contributed by atoms with Crippen molar-refractivity contribution in [1.82, 2.24) is 14.5 Å². The summed E-state index contributed by atoms with van der Waals surface area (Å²) in [5, 5.41) is 0. The highest BCUT2D eigenvalue weighted by atomic mass is 15.1. The number of aryl methyl sites for hydroxylation is 2. The summed E-state index contributed by atoms with van der Waals surface area (Å²) in [6, 6.07) is 6.38. The second-order valence-corrected chi connectivity index (χ2v) is 6.15. The Morgan fingerprint density at radius 2 is 2.05 bits per heavy atom. The number of nitrogen functional groups attached to an aromatic ring is 1. The number of likely N-dealkylation sites (tertiary alicyclic amines) is 1. The molecule has 0 bridgehead atoms. The molecule has 20 heavy (non-hydrogen) atoms. The molecule has 1 aliphatic heterocycles. The van der Waals surface area contributed by atoms with E-state index in [4.69, 9.17) is 5.73 Å². The zero-order valence-corrected chi connectivity index (χ0v) is 12.5. The molecular formula is C16H24N4.